The zero-order chi connectivity index (χ0) is 31.9. The molecule has 1 aromatic carbocycles. The number of nitrogens with zero attached hydrogens (tertiary/aromatic N) is 4. The number of alkyl carbamates (subject to hydrolysis) is 1. The molecule has 1 unspecified atom stereocenters. The van der Waals surface area contributed by atoms with E-state index in [1.165, 1.54) is 4.90 Å². The summed E-state index contributed by atoms with van der Waals surface area (Å²) in [7, 11) is 0. The number of alkyl halides is 3. The Morgan fingerprint density at radius 2 is 1.72 bits per heavy atom. The van der Waals surface area contributed by atoms with Crippen molar-refractivity contribution in [3.05, 3.63) is 52.4 Å². The van der Waals surface area contributed by atoms with E-state index in [0.717, 1.165) is 9.47 Å². The molecule has 10 nitrogen and oxygen atoms in total. The third-order valence-electron chi connectivity index (χ3n) is 6.96. The predicted molar refractivity (Wildman–Crippen MR) is 137 cm³/mol. The summed E-state index contributed by atoms with van der Waals surface area (Å²) in [6.07, 6.45) is -7.39. The third-order valence-corrected chi connectivity index (χ3v) is 6.96. The molecular formula is C27H31F6N5O5. The normalized spacial score (nSPS) is 18.0. The minimum atomic E-state index is -4.89. The van der Waals surface area contributed by atoms with Gasteiger partial charge < -0.3 is 29.5 Å². The van der Waals surface area contributed by atoms with Crippen molar-refractivity contribution in [2.75, 3.05) is 19.6 Å². The quantitative estimate of drug-likeness (QED) is 0.379. The first-order valence-electron chi connectivity index (χ1n) is 13.5. The molecule has 4 rings (SSSR count). The topological polar surface area (TPSA) is 117 Å². The number of aliphatic hydroxyl groups is 1. The number of imidazole rings is 1. The number of rotatable bonds is 6. The molecule has 0 radical (unpaired) electrons. The number of nitrogens with one attached hydrogen (secondary N) is 1. The smallest absolute Gasteiger partial charge is 0.444 e. The number of hydrogen-bond acceptors (Lipinski definition) is 6. The van der Waals surface area contributed by atoms with Crippen LogP contribution in [0.3, 0.4) is 0 Å². The van der Waals surface area contributed by atoms with Crippen LogP contribution in [0.1, 0.15) is 61.2 Å². The highest BCUT2D eigenvalue weighted by Gasteiger charge is 2.43. The lowest BCUT2D eigenvalue weighted by molar-refractivity contribution is -0.148. The lowest BCUT2D eigenvalue weighted by atomic mass is 10.0. The number of hydrogen-bond donors (Lipinski definition) is 2. The van der Waals surface area contributed by atoms with Crippen molar-refractivity contribution in [3.63, 3.8) is 0 Å². The second-order valence-corrected chi connectivity index (χ2v) is 11.5. The van der Waals surface area contributed by atoms with Crippen LogP contribution in [-0.4, -0.2) is 79.7 Å². The molecule has 2 aliphatic rings. The first-order valence-corrected chi connectivity index (χ1v) is 13.5. The Balaban J connectivity index is 1.58. The Bertz CT molecular complexity index is 1410. The summed E-state index contributed by atoms with van der Waals surface area (Å²) in [5.74, 6) is -6.67. The summed E-state index contributed by atoms with van der Waals surface area (Å²) in [6.45, 7) is 3.79. The van der Waals surface area contributed by atoms with Gasteiger partial charge in [-0.2, -0.15) is 13.2 Å². The number of likely N-dealkylation sites (tertiary alicyclic amines) is 1. The van der Waals surface area contributed by atoms with Gasteiger partial charge in [0, 0.05) is 44.7 Å². The number of aliphatic hydroxyl groups excluding tert-OH is 1. The molecule has 3 amide bonds. The maximum absolute atomic E-state index is 14.4. The lowest BCUT2D eigenvalue weighted by Crippen LogP contribution is -2.46. The number of β-amino-alcohol motifs (C(OH)–C–C–N with tert-alkyl or cyclic N) is 1. The van der Waals surface area contributed by atoms with E-state index in [4.69, 9.17) is 4.74 Å². The second-order valence-electron chi connectivity index (χ2n) is 11.5. The van der Waals surface area contributed by atoms with Crippen LogP contribution >= 0.6 is 0 Å². The van der Waals surface area contributed by atoms with Crippen molar-refractivity contribution >= 4 is 17.9 Å². The van der Waals surface area contributed by atoms with E-state index < -0.39 is 90.2 Å². The van der Waals surface area contributed by atoms with Gasteiger partial charge in [-0.3, -0.25) is 9.59 Å². The first-order chi connectivity index (χ1) is 19.9. The summed E-state index contributed by atoms with van der Waals surface area (Å²) in [6, 6.07) is -0.255. The highest BCUT2D eigenvalue weighted by molar-refractivity contribution is 5.94. The van der Waals surface area contributed by atoms with Crippen LogP contribution in [0.2, 0.25) is 0 Å². The maximum atomic E-state index is 14.4. The average molecular weight is 620 g/mol. The van der Waals surface area contributed by atoms with Crippen molar-refractivity contribution in [3.8, 4) is 0 Å². The van der Waals surface area contributed by atoms with Crippen LogP contribution < -0.4 is 5.32 Å². The molecule has 3 heterocycles. The first kappa shape index (κ1) is 32.1. The molecular weight excluding hydrogens is 588 g/mol. The zero-order valence-corrected chi connectivity index (χ0v) is 23.6. The Labute approximate surface area is 242 Å². The standard InChI is InChI=1S/C27H31F6N5O5/c1-26(2,3)43-25(42)34-15(8-14-9-18(29)19(30)11-17(14)28)10-21(40)36-6-7-38-20(13-36)22(35-24(38)27(31,32)33)23(41)37-5-4-16(39)12-37/h9,11,15-16,39H,4-8,10,12-13H2,1-3H3,(H,34,42)/t15?,16-/m1/s1. The lowest BCUT2D eigenvalue weighted by Gasteiger charge is -2.31. The molecule has 2 aliphatic heterocycles. The van der Waals surface area contributed by atoms with Crippen LogP contribution in [0.15, 0.2) is 12.1 Å². The molecule has 236 valence electrons. The number of benzene rings is 1. The van der Waals surface area contributed by atoms with Crippen molar-refractivity contribution in [1.29, 1.82) is 0 Å². The van der Waals surface area contributed by atoms with E-state index >= 15 is 0 Å². The molecule has 2 N–H and O–H groups in total. The van der Waals surface area contributed by atoms with E-state index in [9.17, 15) is 45.8 Å². The van der Waals surface area contributed by atoms with E-state index in [0.29, 0.717) is 12.1 Å². The number of fused-ring (bicyclic) bond motifs is 1. The molecule has 0 bridgehead atoms. The fraction of sp³-hybridized carbons (Fsp3) is 0.556. The van der Waals surface area contributed by atoms with Crippen LogP contribution in [0.5, 0.6) is 0 Å². The molecule has 1 saturated heterocycles. The zero-order valence-electron chi connectivity index (χ0n) is 23.6. The summed E-state index contributed by atoms with van der Waals surface area (Å²) >= 11 is 0. The molecule has 1 fully saturated rings. The van der Waals surface area contributed by atoms with Gasteiger partial charge >= 0.3 is 12.3 Å². The van der Waals surface area contributed by atoms with E-state index in [2.05, 4.69) is 10.3 Å². The summed E-state index contributed by atoms with van der Waals surface area (Å²) in [5.41, 5.74) is -1.92. The monoisotopic (exact) mass is 619 g/mol. The SMILES string of the molecule is CC(C)(C)OC(=O)NC(CC(=O)N1CCn2c(C(F)(F)F)nc(C(=O)N3CC[C@@H](O)C3)c2C1)Cc1cc(F)c(F)cc1F. The highest BCUT2D eigenvalue weighted by atomic mass is 19.4. The van der Waals surface area contributed by atoms with Gasteiger partial charge in [-0.1, -0.05) is 0 Å². The largest absolute Gasteiger partial charge is 0.449 e. The van der Waals surface area contributed by atoms with Gasteiger partial charge in [0.05, 0.1) is 18.3 Å². The number of amides is 3. The van der Waals surface area contributed by atoms with Gasteiger partial charge in [-0.25, -0.2) is 22.9 Å². The van der Waals surface area contributed by atoms with Crippen LogP contribution in [0.4, 0.5) is 31.1 Å². The van der Waals surface area contributed by atoms with Gasteiger partial charge in [0.25, 0.3) is 5.91 Å². The summed E-state index contributed by atoms with van der Waals surface area (Å²) in [5, 5.41) is 12.2. The Kier molecular flexibility index (Phi) is 9.00. The average Bonchev–Trinajstić information content (AvgIpc) is 3.49. The number of carbonyl (C=O) groups excluding carboxylic acids is 3. The maximum Gasteiger partial charge on any atom is 0.449 e. The van der Waals surface area contributed by atoms with Crippen LogP contribution in [0.25, 0.3) is 0 Å². The van der Waals surface area contributed by atoms with E-state index in [-0.39, 0.29) is 43.9 Å². The predicted octanol–water partition coefficient (Wildman–Crippen LogP) is 3.39. The van der Waals surface area contributed by atoms with Gasteiger partial charge in [0.1, 0.15) is 11.4 Å². The number of halogens is 6. The molecule has 1 aromatic heterocycles. The Morgan fingerprint density at radius 3 is 2.33 bits per heavy atom. The van der Waals surface area contributed by atoms with E-state index in [1.807, 2.05) is 0 Å². The van der Waals surface area contributed by atoms with Gasteiger partial charge in [-0.05, 0) is 45.2 Å². The third kappa shape index (κ3) is 7.58. The molecule has 2 aromatic rings. The van der Waals surface area contributed by atoms with Crippen LogP contribution in [-0.2, 0) is 35.2 Å². The second kappa shape index (κ2) is 12.1. The molecule has 43 heavy (non-hydrogen) atoms. The number of carbonyl (C=O) groups is 3. The molecule has 2 atom stereocenters. The molecule has 0 spiro atoms. The molecule has 0 saturated carbocycles. The van der Waals surface area contributed by atoms with Crippen molar-refractivity contribution in [1.82, 2.24) is 24.7 Å². The molecule has 0 aliphatic carbocycles. The fourth-order valence-corrected chi connectivity index (χ4v) is 5.02. The summed E-state index contributed by atoms with van der Waals surface area (Å²) < 4.78 is 89.1. The number of ether oxygens (including phenoxy) is 1. The Hall–Kier alpha value is -3.82. The minimum absolute atomic E-state index is 0.0757. The van der Waals surface area contributed by atoms with Crippen molar-refractivity contribution < 1.29 is 50.6 Å². The van der Waals surface area contributed by atoms with Crippen molar-refractivity contribution in [2.45, 2.75) is 77.0 Å². The van der Waals surface area contributed by atoms with Crippen molar-refractivity contribution in [2.24, 2.45) is 0 Å². The van der Waals surface area contributed by atoms with Gasteiger partial charge in [0.2, 0.25) is 11.7 Å². The Morgan fingerprint density at radius 1 is 1.05 bits per heavy atom. The van der Waals surface area contributed by atoms with E-state index in [1.54, 1.807) is 20.8 Å². The minimum Gasteiger partial charge on any atom is -0.444 e. The molecule has 16 heteroatoms. The number of aromatic nitrogens is 2. The fourth-order valence-electron chi connectivity index (χ4n) is 5.02. The van der Waals surface area contributed by atoms with Gasteiger partial charge in [-0.15, -0.1) is 0 Å². The summed E-state index contributed by atoms with van der Waals surface area (Å²) in [4.78, 5) is 44.9. The van der Waals surface area contributed by atoms with Gasteiger partial charge in [0.15, 0.2) is 17.3 Å². The van der Waals surface area contributed by atoms with Crippen LogP contribution in [0, 0.1) is 17.5 Å². The highest BCUT2D eigenvalue weighted by Crippen LogP contribution is 2.33.